The predicted molar refractivity (Wildman–Crippen MR) is 57.4 cm³/mol. The summed E-state index contributed by atoms with van der Waals surface area (Å²) in [6, 6.07) is 0. The highest BCUT2D eigenvalue weighted by Gasteiger charge is 2.13. The topological polar surface area (TPSA) is 67.4 Å². The van der Waals surface area contributed by atoms with Crippen LogP contribution in [-0.2, 0) is 14.3 Å². The summed E-state index contributed by atoms with van der Waals surface area (Å²) in [4.78, 5) is 22.2. The van der Waals surface area contributed by atoms with Crippen LogP contribution < -0.4 is 10.6 Å². The number of rotatable bonds is 5. The molecule has 0 bridgehead atoms. The van der Waals surface area contributed by atoms with Crippen molar-refractivity contribution in [2.45, 2.75) is 33.3 Å². The molecule has 0 radical (unpaired) electrons. The van der Waals surface area contributed by atoms with Crippen molar-refractivity contribution in [1.82, 2.24) is 10.6 Å². The number of hydrogen-bond acceptors (Lipinski definition) is 3. The van der Waals surface area contributed by atoms with Gasteiger partial charge in [-0.05, 0) is 27.7 Å². The van der Waals surface area contributed by atoms with Gasteiger partial charge in [-0.1, -0.05) is 0 Å². The van der Waals surface area contributed by atoms with E-state index in [4.69, 9.17) is 4.74 Å². The van der Waals surface area contributed by atoms with Gasteiger partial charge in [0.05, 0.1) is 12.1 Å². The first-order valence-electron chi connectivity index (χ1n) is 5.02. The molecule has 0 spiro atoms. The lowest BCUT2D eigenvalue weighted by molar-refractivity contribution is -0.132. The van der Waals surface area contributed by atoms with E-state index in [1.165, 1.54) is 0 Å². The molecule has 0 atom stereocenters. The molecule has 2 amide bonds. The molecule has 0 aromatic carbocycles. The third kappa shape index (κ3) is 9.21. The second kappa shape index (κ2) is 6.40. The molecule has 0 aliphatic rings. The molecule has 0 unspecified atom stereocenters. The minimum absolute atomic E-state index is 0.000175. The van der Waals surface area contributed by atoms with E-state index in [1.54, 1.807) is 0 Å². The Morgan fingerprint density at radius 2 is 1.73 bits per heavy atom. The summed E-state index contributed by atoms with van der Waals surface area (Å²) in [6.07, 6.45) is 0. The Kier molecular flexibility index (Phi) is 5.93. The Balaban J connectivity index is 3.62. The molecular weight excluding hydrogens is 196 g/mol. The number of ether oxygens (including phenoxy) is 1. The van der Waals surface area contributed by atoms with Gasteiger partial charge in [-0.15, -0.1) is 0 Å². The molecule has 0 aliphatic heterocycles. The molecule has 0 heterocycles. The fourth-order valence-electron chi connectivity index (χ4n) is 0.772. The zero-order valence-electron chi connectivity index (χ0n) is 9.85. The highest BCUT2D eigenvalue weighted by atomic mass is 16.5. The maximum atomic E-state index is 11.2. The molecule has 0 saturated heterocycles. The minimum atomic E-state index is -0.344. The Morgan fingerprint density at radius 1 is 1.13 bits per heavy atom. The maximum Gasteiger partial charge on any atom is 0.246 e. The van der Waals surface area contributed by atoms with Crippen molar-refractivity contribution in [3.63, 3.8) is 0 Å². The number of amides is 2. The first-order valence-corrected chi connectivity index (χ1v) is 5.02. The fraction of sp³-hybridized carbons (Fsp3) is 0.800. The van der Waals surface area contributed by atoms with Crippen LogP contribution in [0.25, 0.3) is 0 Å². The fourth-order valence-corrected chi connectivity index (χ4v) is 0.772. The smallest absolute Gasteiger partial charge is 0.246 e. The first kappa shape index (κ1) is 13.9. The van der Waals surface area contributed by atoms with Gasteiger partial charge in [0.2, 0.25) is 11.8 Å². The summed E-state index contributed by atoms with van der Waals surface area (Å²) in [6.45, 7) is 7.96. The van der Waals surface area contributed by atoms with Crippen LogP contribution in [0.4, 0.5) is 0 Å². The third-order valence-electron chi connectivity index (χ3n) is 1.46. The van der Waals surface area contributed by atoms with Gasteiger partial charge >= 0.3 is 0 Å². The molecule has 88 valence electrons. The normalized spacial score (nSPS) is 10.9. The lowest BCUT2D eigenvalue weighted by Gasteiger charge is -2.18. The Labute approximate surface area is 90.6 Å². The molecule has 15 heavy (non-hydrogen) atoms. The van der Waals surface area contributed by atoms with Crippen LogP contribution in [0.5, 0.6) is 0 Å². The van der Waals surface area contributed by atoms with Gasteiger partial charge in [0, 0.05) is 6.54 Å². The van der Waals surface area contributed by atoms with Gasteiger partial charge in [-0.3, -0.25) is 9.59 Å². The van der Waals surface area contributed by atoms with Crippen molar-refractivity contribution < 1.29 is 14.3 Å². The van der Waals surface area contributed by atoms with Crippen molar-refractivity contribution in [2.75, 3.05) is 19.7 Å². The summed E-state index contributed by atoms with van der Waals surface area (Å²) < 4.78 is 5.24. The minimum Gasteiger partial charge on any atom is -0.366 e. The maximum absolute atomic E-state index is 11.2. The number of carbonyl (C=O) groups excluding carboxylic acids is 2. The molecule has 5 heteroatoms. The van der Waals surface area contributed by atoms with Gasteiger partial charge in [-0.2, -0.15) is 0 Å². The van der Waals surface area contributed by atoms with Gasteiger partial charge in [-0.25, -0.2) is 0 Å². The van der Waals surface area contributed by atoms with Crippen LogP contribution in [0, 0.1) is 0 Å². The summed E-state index contributed by atoms with van der Waals surface area (Å²) >= 11 is 0. The third-order valence-corrected chi connectivity index (χ3v) is 1.46. The van der Waals surface area contributed by atoms with Crippen molar-refractivity contribution >= 4 is 11.8 Å². The zero-order valence-corrected chi connectivity index (χ0v) is 9.85. The standard InChI is InChI=1S/C10H20N2O3/c1-5-11-8(13)6-12-9(14)7-15-10(2,3)4/h5-7H2,1-4H3,(H,11,13)(H,12,14). The average Bonchev–Trinajstić information content (AvgIpc) is 2.11. The van der Waals surface area contributed by atoms with Gasteiger partial charge in [0.25, 0.3) is 0 Å². The van der Waals surface area contributed by atoms with E-state index < -0.39 is 0 Å². The lowest BCUT2D eigenvalue weighted by Crippen LogP contribution is -2.39. The van der Waals surface area contributed by atoms with E-state index in [0.717, 1.165) is 0 Å². The number of carbonyl (C=O) groups is 2. The van der Waals surface area contributed by atoms with Gasteiger partial charge in [0.1, 0.15) is 6.61 Å². The van der Waals surface area contributed by atoms with Crippen LogP contribution in [0.3, 0.4) is 0 Å². The molecule has 0 aliphatic carbocycles. The molecule has 0 fully saturated rings. The molecular formula is C10H20N2O3. The molecule has 2 N–H and O–H groups in total. The van der Waals surface area contributed by atoms with E-state index in [1.807, 2.05) is 27.7 Å². The van der Waals surface area contributed by atoms with E-state index in [0.29, 0.717) is 6.54 Å². The van der Waals surface area contributed by atoms with Crippen molar-refractivity contribution in [2.24, 2.45) is 0 Å². The second-order valence-corrected chi connectivity index (χ2v) is 4.13. The van der Waals surface area contributed by atoms with E-state index >= 15 is 0 Å². The van der Waals surface area contributed by atoms with E-state index in [2.05, 4.69) is 10.6 Å². The monoisotopic (exact) mass is 216 g/mol. The van der Waals surface area contributed by atoms with Gasteiger partial charge < -0.3 is 15.4 Å². The average molecular weight is 216 g/mol. The predicted octanol–water partition coefficient (Wildman–Crippen LogP) is 0.0538. The Bertz CT molecular complexity index is 221. The van der Waals surface area contributed by atoms with Crippen LogP contribution in [-0.4, -0.2) is 37.1 Å². The van der Waals surface area contributed by atoms with Crippen molar-refractivity contribution in [1.29, 1.82) is 0 Å². The van der Waals surface area contributed by atoms with Crippen molar-refractivity contribution in [3.05, 3.63) is 0 Å². The Morgan fingerprint density at radius 3 is 2.20 bits per heavy atom. The molecule has 0 aromatic heterocycles. The number of hydrogen-bond donors (Lipinski definition) is 2. The highest BCUT2D eigenvalue weighted by molar-refractivity contribution is 5.85. The van der Waals surface area contributed by atoms with Crippen molar-refractivity contribution in [3.8, 4) is 0 Å². The van der Waals surface area contributed by atoms with Crippen LogP contribution in [0.15, 0.2) is 0 Å². The number of likely N-dealkylation sites (N-methyl/N-ethyl adjacent to an activating group) is 1. The highest BCUT2D eigenvalue weighted by Crippen LogP contribution is 2.05. The second-order valence-electron chi connectivity index (χ2n) is 4.13. The largest absolute Gasteiger partial charge is 0.366 e. The zero-order chi connectivity index (χ0) is 11.9. The summed E-state index contributed by atoms with van der Waals surface area (Å²) in [7, 11) is 0. The summed E-state index contributed by atoms with van der Waals surface area (Å²) in [5.74, 6) is -0.474. The van der Waals surface area contributed by atoms with Crippen LogP contribution in [0.1, 0.15) is 27.7 Å². The lowest BCUT2D eigenvalue weighted by atomic mass is 10.2. The Hall–Kier alpha value is -1.10. The summed E-state index contributed by atoms with van der Waals surface area (Å²) in [5, 5.41) is 5.04. The summed E-state index contributed by atoms with van der Waals surface area (Å²) in [5.41, 5.74) is -0.344. The molecule has 5 nitrogen and oxygen atoms in total. The quantitative estimate of drug-likeness (QED) is 0.682. The van der Waals surface area contributed by atoms with E-state index in [-0.39, 0.29) is 30.6 Å². The van der Waals surface area contributed by atoms with E-state index in [9.17, 15) is 9.59 Å². The van der Waals surface area contributed by atoms with Crippen LogP contribution >= 0.6 is 0 Å². The van der Waals surface area contributed by atoms with Gasteiger partial charge in [0.15, 0.2) is 0 Å². The number of nitrogens with one attached hydrogen (secondary N) is 2. The SMILES string of the molecule is CCNC(=O)CNC(=O)COC(C)(C)C. The molecule has 0 saturated carbocycles. The molecule has 0 rings (SSSR count). The molecule has 0 aromatic rings. The first-order chi connectivity index (χ1) is 6.85. The van der Waals surface area contributed by atoms with Crippen LogP contribution in [0.2, 0.25) is 0 Å².